The predicted molar refractivity (Wildman–Crippen MR) is 90.4 cm³/mol. The number of rotatable bonds is 7. The second kappa shape index (κ2) is 8.18. The molecule has 2 aromatic carbocycles. The van der Waals surface area contributed by atoms with E-state index in [9.17, 15) is 0 Å². The summed E-state index contributed by atoms with van der Waals surface area (Å²) in [5.74, 6) is 0. The van der Waals surface area contributed by atoms with Gasteiger partial charge in [0.25, 0.3) is 0 Å². The number of nitrogens with two attached hydrogens (primary N) is 1. The van der Waals surface area contributed by atoms with Gasteiger partial charge in [0, 0.05) is 24.2 Å². The Hall–Kier alpha value is -1.35. The van der Waals surface area contributed by atoms with Crippen LogP contribution in [-0.2, 0) is 6.54 Å². The summed E-state index contributed by atoms with van der Waals surface area (Å²) >= 11 is 6.13. The Bertz CT molecular complexity index is 542. The zero-order valence-corrected chi connectivity index (χ0v) is 13.3. The molecule has 21 heavy (non-hydrogen) atoms. The Labute approximate surface area is 132 Å². The highest BCUT2D eigenvalue weighted by atomic mass is 35.5. The number of hydrogen-bond acceptors (Lipinski definition) is 2. The van der Waals surface area contributed by atoms with Gasteiger partial charge in [0.2, 0.25) is 0 Å². The van der Waals surface area contributed by atoms with Gasteiger partial charge >= 0.3 is 0 Å². The maximum absolute atomic E-state index is 6.13. The van der Waals surface area contributed by atoms with E-state index in [0.29, 0.717) is 6.54 Å². The molecule has 112 valence electrons. The maximum Gasteiger partial charge on any atom is 0.0474 e. The quantitative estimate of drug-likeness (QED) is 0.828. The summed E-state index contributed by atoms with van der Waals surface area (Å²) in [6.45, 7) is 4.71. The van der Waals surface area contributed by atoms with Crippen LogP contribution in [0.1, 0.15) is 30.5 Å². The lowest BCUT2D eigenvalue weighted by atomic mass is 10.0. The standard InChI is InChI=1S/C18H23ClN2/c1-2-11-21(14-15-7-4-3-5-8-15)18(13-20)16-9-6-10-17(19)12-16/h3-10,12,18H,2,11,13-14,20H2,1H3. The largest absolute Gasteiger partial charge is 0.329 e. The van der Waals surface area contributed by atoms with Gasteiger partial charge in [-0.25, -0.2) is 0 Å². The molecule has 0 spiro atoms. The summed E-state index contributed by atoms with van der Waals surface area (Å²) in [7, 11) is 0. The fourth-order valence-corrected chi connectivity index (χ4v) is 2.86. The van der Waals surface area contributed by atoms with E-state index in [1.807, 2.05) is 24.3 Å². The van der Waals surface area contributed by atoms with Crippen LogP contribution in [0.4, 0.5) is 0 Å². The summed E-state index contributed by atoms with van der Waals surface area (Å²) in [6, 6.07) is 18.8. The number of nitrogens with zero attached hydrogens (tertiary/aromatic N) is 1. The van der Waals surface area contributed by atoms with E-state index in [-0.39, 0.29) is 6.04 Å². The van der Waals surface area contributed by atoms with Gasteiger partial charge in [0.15, 0.2) is 0 Å². The molecule has 0 heterocycles. The van der Waals surface area contributed by atoms with Crippen molar-refractivity contribution in [2.45, 2.75) is 25.9 Å². The van der Waals surface area contributed by atoms with Crippen molar-refractivity contribution in [3.8, 4) is 0 Å². The Morgan fingerprint density at radius 3 is 2.48 bits per heavy atom. The van der Waals surface area contributed by atoms with E-state index in [4.69, 9.17) is 17.3 Å². The zero-order chi connectivity index (χ0) is 15.1. The van der Waals surface area contributed by atoms with Crippen LogP contribution in [0.25, 0.3) is 0 Å². The molecule has 3 heteroatoms. The molecular formula is C18H23ClN2. The average molecular weight is 303 g/mol. The van der Waals surface area contributed by atoms with Crippen molar-refractivity contribution in [2.75, 3.05) is 13.1 Å². The molecule has 0 amide bonds. The highest BCUT2D eigenvalue weighted by molar-refractivity contribution is 6.30. The summed E-state index contributed by atoms with van der Waals surface area (Å²) in [6.07, 6.45) is 1.10. The molecule has 2 nitrogen and oxygen atoms in total. The van der Waals surface area contributed by atoms with Crippen LogP contribution in [0, 0.1) is 0 Å². The molecule has 0 aliphatic heterocycles. The van der Waals surface area contributed by atoms with Gasteiger partial charge in [-0.2, -0.15) is 0 Å². The van der Waals surface area contributed by atoms with E-state index >= 15 is 0 Å². The van der Waals surface area contributed by atoms with Crippen molar-refractivity contribution in [3.05, 3.63) is 70.7 Å². The van der Waals surface area contributed by atoms with Crippen LogP contribution in [0.2, 0.25) is 5.02 Å². The lowest BCUT2D eigenvalue weighted by Gasteiger charge is -2.31. The van der Waals surface area contributed by atoms with E-state index in [1.54, 1.807) is 0 Å². The normalized spacial score (nSPS) is 12.6. The van der Waals surface area contributed by atoms with Gasteiger partial charge in [0.05, 0.1) is 0 Å². The zero-order valence-electron chi connectivity index (χ0n) is 12.5. The Morgan fingerprint density at radius 1 is 1.10 bits per heavy atom. The topological polar surface area (TPSA) is 29.3 Å². The second-order valence-electron chi connectivity index (χ2n) is 5.26. The molecule has 0 saturated carbocycles. The van der Waals surface area contributed by atoms with E-state index in [1.165, 1.54) is 11.1 Å². The van der Waals surface area contributed by atoms with Crippen LogP contribution in [0.3, 0.4) is 0 Å². The molecule has 2 rings (SSSR count). The number of hydrogen-bond donors (Lipinski definition) is 1. The molecule has 0 radical (unpaired) electrons. The Morgan fingerprint density at radius 2 is 1.86 bits per heavy atom. The second-order valence-corrected chi connectivity index (χ2v) is 5.70. The van der Waals surface area contributed by atoms with Crippen molar-refractivity contribution >= 4 is 11.6 Å². The predicted octanol–water partition coefficient (Wildman–Crippen LogP) is 4.25. The third kappa shape index (κ3) is 4.57. The highest BCUT2D eigenvalue weighted by Crippen LogP contribution is 2.24. The van der Waals surface area contributed by atoms with Gasteiger partial charge in [-0.05, 0) is 36.2 Å². The van der Waals surface area contributed by atoms with Crippen LogP contribution in [0.15, 0.2) is 54.6 Å². The minimum atomic E-state index is 0.198. The van der Waals surface area contributed by atoms with Crippen molar-refractivity contribution in [1.29, 1.82) is 0 Å². The number of benzene rings is 2. The van der Waals surface area contributed by atoms with E-state index in [2.05, 4.69) is 42.2 Å². The van der Waals surface area contributed by atoms with Crippen LogP contribution >= 0.6 is 11.6 Å². The number of halogens is 1. The Kier molecular flexibility index (Phi) is 6.24. The molecule has 0 fully saturated rings. The SMILES string of the molecule is CCCN(Cc1ccccc1)C(CN)c1cccc(Cl)c1. The van der Waals surface area contributed by atoms with Gasteiger partial charge in [-0.3, -0.25) is 4.90 Å². The van der Waals surface area contributed by atoms with Crippen molar-refractivity contribution in [3.63, 3.8) is 0 Å². The van der Waals surface area contributed by atoms with E-state index in [0.717, 1.165) is 24.5 Å². The summed E-state index contributed by atoms with van der Waals surface area (Å²) < 4.78 is 0. The van der Waals surface area contributed by atoms with Crippen LogP contribution in [-0.4, -0.2) is 18.0 Å². The highest BCUT2D eigenvalue weighted by Gasteiger charge is 2.18. The average Bonchev–Trinajstić information content (AvgIpc) is 2.49. The van der Waals surface area contributed by atoms with Gasteiger partial charge in [0.1, 0.15) is 0 Å². The molecule has 0 aromatic heterocycles. The molecule has 0 bridgehead atoms. The molecule has 1 unspecified atom stereocenters. The third-order valence-electron chi connectivity index (χ3n) is 3.64. The lowest BCUT2D eigenvalue weighted by molar-refractivity contribution is 0.193. The lowest BCUT2D eigenvalue weighted by Crippen LogP contribution is -2.34. The minimum absolute atomic E-state index is 0.198. The third-order valence-corrected chi connectivity index (χ3v) is 3.87. The Balaban J connectivity index is 2.22. The minimum Gasteiger partial charge on any atom is -0.329 e. The molecule has 2 N–H and O–H groups in total. The first-order chi connectivity index (χ1) is 10.2. The van der Waals surface area contributed by atoms with Crippen molar-refractivity contribution < 1.29 is 0 Å². The fourth-order valence-electron chi connectivity index (χ4n) is 2.66. The summed E-state index contributed by atoms with van der Waals surface area (Å²) in [5.41, 5.74) is 8.56. The molecular weight excluding hydrogens is 280 g/mol. The molecule has 2 aromatic rings. The first-order valence-electron chi connectivity index (χ1n) is 7.48. The summed E-state index contributed by atoms with van der Waals surface area (Å²) in [4.78, 5) is 2.43. The maximum atomic E-state index is 6.13. The monoisotopic (exact) mass is 302 g/mol. The summed E-state index contributed by atoms with van der Waals surface area (Å²) in [5, 5.41) is 0.766. The van der Waals surface area contributed by atoms with Crippen molar-refractivity contribution in [1.82, 2.24) is 4.90 Å². The van der Waals surface area contributed by atoms with Crippen LogP contribution in [0.5, 0.6) is 0 Å². The molecule has 0 saturated heterocycles. The molecule has 0 aliphatic carbocycles. The van der Waals surface area contributed by atoms with Gasteiger partial charge < -0.3 is 5.73 Å². The van der Waals surface area contributed by atoms with Crippen molar-refractivity contribution in [2.24, 2.45) is 5.73 Å². The van der Waals surface area contributed by atoms with E-state index < -0.39 is 0 Å². The first kappa shape index (κ1) is 16.0. The molecule has 0 aliphatic rings. The van der Waals surface area contributed by atoms with Crippen LogP contribution < -0.4 is 5.73 Å². The van der Waals surface area contributed by atoms with Gasteiger partial charge in [-0.1, -0.05) is 61.0 Å². The smallest absolute Gasteiger partial charge is 0.0474 e. The fraction of sp³-hybridized carbons (Fsp3) is 0.333. The molecule has 1 atom stereocenters. The van der Waals surface area contributed by atoms with Gasteiger partial charge in [-0.15, -0.1) is 0 Å². The first-order valence-corrected chi connectivity index (χ1v) is 7.86.